The maximum Gasteiger partial charge on any atom is 0.254 e. The lowest BCUT2D eigenvalue weighted by atomic mass is 10.1. The Labute approximate surface area is 229 Å². The molecule has 0 radical (unpaired) electrons. The second-order valence-corrected chi connectivity index (χ2v) is 11.3. The summed E-state index contributed by atoms with van der Waals surface area (Å²) in [6.07, 6.45) is 1.19. The Balaban J connectivity index is 1.43. The van der Waals surface area contributed by atoms with Crippen LogP contribution in [-0.4, -0.2) is 49.3 Å². The number of hydrogen-bond acceptors (Lipinski definition) is 7. The lowest BCUT2D eigenvalue weighted by molar-refractivity contribution is 0.0769. The van der Waals surface area contributed by atoms with Gasteiger partial charge in [0.25, 0.3) is 5.91 Å². The fourth-order valence-corrected chi connectivity index (χ4v) is 5.02. The first kappa shape index (κ1) is 27.8. The van der Waals surface area contributed by atoms with Gasteiger partial charge in [-0.25, -0.2) is 8.42 Å². The van der Waals surface area contributed by atoms with Crippen LogP contribution in [0.25, 0.3) is 11.4 Å². The van der Waals surface area contributed by atoms with E-state index in [-0.39, 0.29) is 19.0 Å². The van der Waals surface area contributed by atoms with Crippen LogP contribution in [-0.2, 0) is 23.1 Å². The molecule has 0 N–H and O–H groups in total. The molecule has 10 heteroatoms. The van der Waals surface area contributed by atoms with E-state index in [9.17, 15) is 13.2 Å². The van der Waals surface area contributed by atoms with Crippen molar-refractivity contribution in [3.63, 3.8) is 0 Å². The Morgan fingerprint density at radius 2 is 1.67 bits per heavy atom. The monoisotopic (exact) mass is 548 g/mol. The predicted octanol–water partition coefficient (Wildman–Crippen LogP) is 4.99. The number of benzene rings is 3. The molecular weight excluding hydrogens is 516 g/mol. The summed E-state index contributed by atoms with van der Waals surface area (Å²) < 4.78 is 37.4. The fourth-order valence-electron chi connectivity index (χ4n) is 4.09. The van der Waals surface area contributed by atoms with E-state index in [2.05, 4.69) is 10.1 Å². The van der Waals surface area contributed by atoms with E-state index < -0.39 is 10.0 Å². The maximum atomic E-state index is 13.0. The van der Waals surface area contributed by atoms with Crippen LogP contribution in [0.2, 0.25) is 0 Å². The number of nitrogens with zero attached hydrogens (tertiary/aromatic N) is 4. The molecule has 0 bridgehead atoms. The molecule has 1 amide bonds. The number of amides is 1. The van der Waals surface area contributed by atoms with E-state index in [1.807, 2.05) is 63.2 Å². The summed E-state index contributed by atoms with van der Waals surface area (Å²) in [6, 6.07) is 20.0. The molecule has 0 fully saturated rings. The molecular formula is C29H32N4O5S. The number of ether oxygens (including phenoxy) is 1. The van der Waals surface area contributed by atoms with Gasteiger partial charge in [0.1, 0.15) is 5.75 Å². The molecule has 9 nitrogen and oxygen atoms in total. The van der Waals surface area contributed by atoms with Crippen molar-refractivity contribution in [2.75, 3.05) is 24.2 Å². The van der Waals surface area contributed by atoms with Crippen LogP contribution in [0.15, 0.2) is 71.3 Å². The Morgan fingerprint density at radius 1 is 0.974 bits per heavy atom. The zero-order valence-corrected chi connectivity index (χ0v) is 23.5. The average molecular weight is 549 g/mol. The van der Waals surface area contributed by atoms with Crippen molar-refractivity contribution in [2.45, 2.75) is 33.9 Å². The number of hydrogen-bond donors (Lipinski definition) is 0. The summed E-state index contributed by atoms with van der Waals surface area (Å²) >= 11 is 0. The summed E-state index contributed by atoms with van der Waals surface area (Å²) in [5, 5.41) is 4.02. The topological polar surface area (TPSA) is 106 Å². The SMILES string of the molecule is CCOc1ccc(-c2noc(CN(C)C(=O)c3ccc(CN(c4cc(C)ccc4C)S(C)(=O)=O)cc3)n2)cc1. The van der Waals surface area contributed by atoms with Gasteiger partial charge in [0.05, 0.1) is 31.6 Å². The highest BCUT2D eigenvalue weighted by atomic mass is 32.2. The van der Waals surface area contributed by atoms with Gasteiger partial charge in [-0.05, 0) is 79.9 Å². The number of rotatable bonds is 10. The number of anilines is 1. The molecule has 4 aromatic rings. The van der Waals surface area contributed by atoms with Gasteiger partial charge in [0.2, 0.25) is 21.7 Å². The lowest BCUT2D eigenvalue weighted by Crippen LogP contribution is -2.30. The van der Waals surface area contributed by atoms with Crippen molar-refractivity contribution in [2.24, 2.45) is 0 Å². The van der Waals surface area contributed by atoms with Crippen LogP contribution in [0.5, 0.6) is 5.75 Å². The quantitative estimate of drug-likeness (QED) is 0.275. The molecule has 0 atom stereocenters. The largest absolute Gasteiger partial charge is 0.494 e. The van der Waals surface area contributed by atoms with Gasteiger partial charge in [-0.1, -0.05) is 29.4 Å². The molecule has 1 aromatic heterocycles. The van der Waals surface area contributed by atoms with E-state index in [1.165, 1.54) is 15.5 Å². The zero-order chi connectivity index (χ0) is 28.2. The molecule has 0 spiro atoms. The number of sulfonamides is 1. The van der Waals surface area contributed by atoms with Gasteiger partial charge >= 0.3 is 0 Å². The minimum atomic E-state index is -3.52. The molecule has 0 saturated carbocycles. The predicted molar refractivity (Wildman–Crippen MR) is 150 cm³/mol. The Hall–Kier alpha value is -4.18. The first-order valence-electron chi connectivity index (χ1n) is 12.5. The second-order valence-electron chi connectivity index (χ2n) is 9.39. The third-order valence-corrected chi connectivity index (χ3v) is 7.30. The third kappa shape index (κ3) is 6.83. The van der Waals surface area contributed by atoms with Crippen LogP contribution in [0.3, 0.4) is 0 Å². The summed E-state index contributed by atoms with van der Waals surface area (Å²) in [7, 11) is -1.87. The van der Waals surface area contributed by atoms with Crippen LogP contribution >= 0.6 is 0 Å². The smallest absolute Gasteiger partial charge is 0.254 e. The standard InChI is InChI=1S/C29H32N4O5S/c1-6-37-25-15-13-23(14-16-25)28-30-27(38-31-28)19-32(4)29(34)24-11-9-22(10-12-24)18-33(39(5,35)36)26-17-20(2)7-8-21(26)3/h7-17H,6,18-19H2,1-5H3. The van der Waals surface area contributed by atoms with Crippen molar-refractivity contribution < 1.29 is 22.5 Å². The molecule has 1 heterocycles. The number of carbonyl (C=O) groups excluding carboxylic acids is 1. The lowest BCUT2D eigenvalue weighted by Gasteiger charge is -2.25. The van der Waals surface area contributed by atoms with Gasteiger partial charge in [-0.15, -0.1) is 0 Å². The highest BCUT2D eigenvalue weighted by Crippen LogP contribution is 2.26. The van der Waals surface area contributed by atoms with Crippen molar-refractivity contribution in [3.8, 4) is 17.1 Å². The number of carbonyl (C=O) groups is 1. The van der Waals surface area contributed by atoms with E-state index in [4.69, 9.17) is 9.26 Å². The first-order chi connectivity index (χ1) is 18.5. The van der Waals surface area contributed by atoms with Gasteiger partial charge in [-0.3, -0.25) is 9.10 Å². The molecule has 204 valence electrons. The fraction of sp³-hybridized carbons (Fsp3) is 0.276. The molecule has 39 heavy (non-hydrogen) atoms. The minimum Gasteiger partial charge on any atom is -0.494 e. The number of aryl methyl sites for hydroxylation is 2. The summed E-state index contributed by atoms with van der Waals surface area (Å²) in [5.74, 6) is 1.27. The summed E-state index contributed by atoms with van der Waals surface area (Å²) in [5.41, 5.74) is 4.48. The molecule has 4 rings (SSSR count). The van der Waals surface area contributed by atoms with E-state index in [0.29, 0.717) is 29.6 Å². The minimum absolute atomic E-state index is 0.138. The Kier molecular flexibility index (Phi) is 8.35. The van der Waals surface area contributed by atoms with Gasteiger partial charge in [0.15, 0.2) is 0 Å². The molecule has 0 aliphatic carbocycles. The molecule has 0 aliphatic heterocycles. The Bertz CT molecular complexity index is 1550. The summed E-state index contributed by atoms with van der Waals surface area (Å²) in [4.78, 5) is 18.9. The molecule has 0 saturated heterocycles. The normalized spacial score (nSPS) is 11.3. The van der Waals surface area contributed by atoms with Gasteiger partial charge in [0, 0.05) is 18.2 Å². The van der Waals surface area contributed by atoms with Gasteiger partial charge in [-0.2, -0.15) is 4.98 Å². The maximum absolute atomic E-state index is 13.0. The first-order valence-corrected chi connectivity index (χ1v) is 14.3. The van der Waals surface area contributed by atoms with Crippen LogP contribution in [0, 0.1) is 13.8 Å². The average Bonchev–Trinajstić information content (AvgIpc) is 3.37. The van der Waals surface area contributed by atoms with Crippen molar-refractivity contribution >= 4 is 21.6 Å². The van der Waals surface area contributed by atoms with E-state index in [0.717, 1.165) is 28.0 Å². The van der Waals surface area contributed by atoms with Crippen LogP contribution in [0.4, 0.5) is 5.69 Å². The molecule has 0 aliphatic rings. The molecule has 3 aromatic carbocycles. The third-order valence-electron chi connectivity index (χ3n) is 6.17. The van der Waals surface area contributed by atoms with Crippen molar-refractivity contribution in [1.82, 2.24) is 15.0 Å². The number of aromatic nitrogens is 2. The second kappa shape index (κ2) is 11.7. The van der Waals surface area contributed by atoms with Crippen LogP contribution in [0.1, 0.15) is 39.9 Å². The van der Waals surface area contributed by atoms with Gasteiger partial charge < -0.3 is 14.2 Å². The van der Waals surface area contributed by atoms with Crippen molar-refractivity contribution in [3.05, 3.63) is 94.9 Å². The van der Waals surface area contributed by atoms with Crippen molar-refractivity contribution in [1.29, 1.82) is 0 Å². The summed E-state index contributed by atoms with van der Waals surface area (Å²) in [6.45, 7) is 6.61. The van der Waals surface area contributed by atoms with Crippen LogP contribution < -0.4 is 9.04 Å². The zero-order valence-electron chi connectivity index (χ0n) is 22.7. The molecule has 0 unspecified atom stereocenters. The highest BCUT2D eigenvalue weighted by Gasteiger charge is 2.21. The Morgan fingerprint density at radius 3 is 2.31 bits per heavy atom. The van der Waals surface area contributed by atoms with E-state index >= 15 is 0 Å². The van der Waals surface area contributed by atoms with E-state index in [1.54, 1.807) is 31.3 Å². The highest BCUT2D eigenvalue weighted by molar-refractivity contribution is 7.92.